The summed E-state index contributed by atoms with van der Waals surface area (Å²) >= 11 is 1.42. The molecule has 1 aliphatic carbocycles. The summed E-state index contributed by atoms with van der Waals surface area (Å²) in [6, 6.07) is 4.14. The van der Waals surface area contributed by atoms with E-state index >= 15 is 0 Å². The van der Waals surface area contributed by atoms with Gasteiger partial charge >= 0.3 is 0 Å². The van der Waals surface area contributed by atoms with Crippen molar-refractivity contribution in [2.75, 3.05) is 26.0 Å². The molecule has 0 bridgehead atoms. The molecule has 2 aromatic heterocycles. The molecule has 0 unspecified atom stereocenters. The molecule has 106 valence electrons. The molecule has 0 saturated heterocycles. The predicted octanol–water partition coefficient (Wildman–Crippen LogP) is 2.13. The highest BCUT2D eigenvalue weighted by atomic mass is 32.1. The number of thiophene rings is 1. The fourth-order valence-electron chi connectivity index (χ4n) is 2.26. The van der Waals surface area contributed by atoms with Crippen LogP contribution in [0.4, 0.5) is 5.69 Å². The van der Waals surface area contributed by atoms with Crippen LogP contribution < -0.4 is 5.73 Å². The van der Waals surface area contributed by atoms with Gasteiger partial charge in [-0.05, 0) is 25.0 Å². The van der Waals surface area contributed by atoms with Crippen LogP contribution in [-0.2, 0) is 4.74 Å². The van der Waals surface area contributed by atoms with Crippen molar-refractivity contribution in [3.8, 4) is 0 Å². The predicted molar refractivity (Wildman–Crippen MR) is 80.0 cm³/mol. The van der Waals surface area contributed by atoms with Crippen molar-refractivity contribution in [1.29, 1.82) is 0 Å². The Labute approximate surface area is 121 Å². The number of hydrogen-bond donors (Lipinski definition) is 1. The van der Waals surface area contributed by atoms with Crippen molar-refractivity contribution in [3.05, 3.63) is 23.2 Å². The lowest BCUT2D eigenvalue weighted by atomic mass is 10.3. The lowest BCUT2D eigenvalue weighted by Crippen LogP contribution is -2.35. The molecule has 6 heteroatoms. The van der Waals surface area contributed by atoms with Gasteiger partial charge in [0.25, 0.3) is 5.91 Å². The van der Waals surface area contributed by atoms with E-state index in [0.29, 0.717) is 29.8 Å². The molecule has 1 fully saturated rings. The Morgan fingerprint density at radius 3 is 3.05 bits per heavy atom. The van der Waals surface area contributed by atoms with Crippen LogP contribution in [0.2, 0.25) is 0 Å². The summed E-state index contributed by atoms with van der Waals surface area (Å²) in [4.78, 5) is 19.4. The molecule has 1 aliphatic rings. The summed E-state index contributed by atoms with van der Waals surface area (Å²) in [6.07, 6.45) is 3.83. The van der Waals surface area contributed by atoms with Crippen LogP contribution >= 0.6 is 11.3 Å². The average Bonchev–Trinajstić information content (AvgIpc) is 3.24. The van der Waals surface area contributed by atoms with E-state index in [2.05, 4.69) is 4.98 Å². The highest BCUT2D eigenvalue weighted by Gasteiger charge is 2.34. The van der Waals surface area contributed by atoms with E-state index in [1.165, 1.54) is 11.3 Å². The summed E-state index contributed by atoms with van der Waals surface area (Å²) in [6.45, 7) is 1.16. The number of nitrogens with two attached hydrogens (primary N) is 1. The van der Waals surface area contributed by atoms with Crippen LogP contribution in [0.15, 0.2) is 18.3 Å². The number of carbonyl (C=O) groups is 1. The van der Waals surface area contributed by atoms with Crippen molar-refractivity contribution >= 4 is 33.1 Å². The topological polar surface area (TPSA) is 68.5 Å². The molecule has 0 aromatic carbocycles. The third-order valence-corrected chi connectivity index (χ3v) is 4.61. The third kappa shape index (κ3) is 2.36. The van der Waals surface area contributed by atoms with E-state index in [4.69, 9.17) is 10.5 Å². The van der Waals surface area contributed by atoms with Crippen molar-refractivity contribution in [2.24, 2.45) is 0 Å². The Balaban J connectivity index is 1.92. The molecule has 3 rings (SSSR count). The van der Waals surface area contributed by atoms with E-state index in [-0.39, 0.29) is 5.91 Å². The van der Waals surface area contributed by atoms with Gasteiger partial charge in [-0.3, -0.25) is 9.78 Å². The number of amides is 1. The molecule has 0 atom stereocenters. The highest BCUT2D eigenvalue weighted by Crippen LogP contribution is 2.35. The zero-order chi connectivity index (χ0) is 14.1. The van der Waals surface area contributed by atoms with Gasteiger partial charge in [0.05, 0.1) is 17.0 Å². The lowest BCUT2D eigenvalue weighted by molar-refractivity contribution is 0.0686. The minimum absolute atomic E-state index is 0.00468. The fourth-order valence-corrected chi connectivity index (χ4v) is 3.30. The first-order valence-corrected chi connectivity index (χ1v) is 7.47. The first kappa shape index (κ1) is 13.3. The number of hydrogen-bond acceptors (Lipinski definition) is 5. The minimum atomic E-state index is 0.00468. The van der Waals surface area contributed by atoms with E-state index in [0.717, 1.165) is 23.1 Å². The zero-order valence-electron chi connectivity index (χ0n) is 11.3. The van der Waals surface area contributed by atoms with Gasteiger partial charge in [-0.25, -0.2) is 0 Å². The molecule has 0 spiro atoms. The molecule has 20 heavy (non-hydrogen) atoms. The number of methoxy groups -OCH3 is 1. The molecule has 5 nitrogen and oxygen atoms in total. The Morgan fingerprint density at radius 1 is 1.60 bits per heavy atom. The van der Waals surface area contributed by atoms with Gasteiger partial charge in [0.15, 0.2) is 0 Å². The van der Waals surface area contributed by atoms with Gasteiger partial charge in [-0.1, -0.05) is 0 Å². The average molecular weight is 291 g/mol. The smallest absolute Gasteiger partial charge is 0.266 e. The van der Waals surface area contributed by atoms with E-state index in [1.807, 2.05) is 17.0 Å². The summed E-state index contributed by atoms with van der Waals surface area (Å²) in [5, 5.41) is 0. The minimum Gasteiger partial charge on any atom is -0.396 e. The number of aromatic nitrogens is 1. The van der Waals surface area contributed by atoms with Gasteiger partial charge in [0.1, 0.15) is 10.4 Å². The van der Waals surface area contributed by atoms with E-state index in [1.54, 1.807) is 13.3 Å². The summed E-state index contributed by atoms with van der Waals surface area (Å²) in [5.74, 6) is 0.00468. The quantitative estimate of drug-likeness (QED) is 0.916. The molecule has 2 heterocycles. The van der Waals surface area contributed by atoms with Crippen LogP contribution in [-0.4, -0.2) is 42.1 Å². The van der Waals surface area contributed by atoms with Crippen LogP contribution in [0.25, 0.3) is 10.2 Å². The van der Waals surface area contributed by atoms with Gasteiger partial charge in [0, 0.05) is 25.9 Å². The van der Waals surface area contributed by atoms with Crippen LogP contribution in [0, 0.1) is 0 Å². The van der Waals surface area contributed by atoms with Gasteiger partial charge in [-0.15, -0.1) is 11.3 Å². The number of ether oxygens (including phenoxy) is 1. The molecule has 2 aromatic rings. The summed E-state index contributed by atoms with van der Waals surface area (Å²) in [7, 11) is 1.65. The molecule has 0 aliphatic heterocycles. The first-order valence-electron chi connectivity index (χ1n) is 6.65. The maximum Gasteiger partial charge on any atom is 0.266 e. The number of nitrogen functional groups attached to an aromatic ring is 1. The SMILES string of the molecule is COCCN(C(=O)c1sc2cccnc2c1N)C1CC1. The van der Waals surface area contributed by atoms with Crippen LogP contribution in [0.1, 0.15) is 22.5 Å². The lowest BCUT2D eigenvalue weighted by Gasteiger charge is -2.21. The number of nitrogens with zero attached hydrogens (tertiary/aromatic N) is 2. The number of fused-ring (bicyclic) bond motifs is 1. The normalized spacial score (nSPS) is 14.7. The van der Waals surface area contributed by atoms with Crippen molar-refractivity contribution in [3.63, 3.8) is 0 Å². The van der Waals surface area contributed by atoms with E-state index < -0.39 is 0 Å². The number of pyridine rings is 1. The Hall–Kier alpha value is -1.66. The van der Waals surface area contributed by atoms with Gasteiger partial charge in [-0.2, -0.15) is 0 Å². The van der Waals surface area contributed by atoms with Crippen molar-refractivity contribution in [1.82, 2.24) is 9.88 Å². The maximum atomic E-state index is 12.7. The molecular formula is C14H17N3O2S. The molecule has 2 N–H and O–H groups in total. The number of anilines is 1. The van der Waals surface area contributed by atoms with Crippen molar-refractivity contribution in [2.45, 2.75) is 18.9 Å². The molecule has 1 amide bonds. The monoisotopic (exact) mass is 291 g/mol. The van der Waals surface area contributed by atoms with Crippen LogP contribution in [0.5, 0.6) is 0 Å². The second-order valence-electron chi connectivity index (χ2n) is 4.92. The third-order valence-electron chi connectivity index (χ3n) is 3.46. The number of carbonyl (C=O) groups excluding carboxylic acids is 1. The standard InChI is InChI=1S/C14H17N3O2S/c1-19-8-7-17(9-4-5-9)14(18)13-11(15)12-10(20-13)3-2-6-16-12/h2-3,6,9H,4-5,7-8,15H2,1H3. The van der Waals surface area contributed by atoms with Crippen molar-refractivity contribution < 1.29 is 9.53 Å². The van der Waals surface area contributed by atoms with Gasteiger partial charge in [0.2, 0.25) is 0 Å². The molecule has 1 saturated carbocycles. The second kappa shape index (κ2) is 5.38. The molecular weight excluding hydrogens is 274 g/mol. The summed E-state index contributed by atoms with van der Waals surface area (Å²) in [5.41, 5.74) is 7.32. The Bertz CT molecular complexity index is 636. The van der Waals surface area contributed by atoms with Gasteiger partial charge < -0.3 is 15.4 Å². The zero-order valence-corrected chi connectivity index (χ0v) is 12.2. The Kier molecular flexibility index (Phi) is 3.58. The Morgan fingerprint density at radius 2 is 2.40 bits per heavy atom. The fraction of sp³-hybridized carbons (Fsp3) is 0.429. The highest BCUT2D eigenvalue weighted by molar-refractivity contribution is 7.21. The summed E-state index contributed by atoms with van der Waals surface area (Å²) < 4.78 is 6.05. The number of rotatable bonds is 5. The van der Waals surface area contributed by atoms with E-state index in [9.17, 15) is 4.79 Å². The molecule has 0 radical (unpaired) electrons. The largest absolute Gasteiger partial charge is 0.396 e. The first-order chi connectivity index (χ1) is 9.72. The van der Waals surface area contributed by atoms with Crippen LogP contribution in [0.3, 0.4) is 0 Å². The maximum absolute atomic E-state index is 12.7. The second-order valence-corrected chi connectivity index (χ2v) is 5.97.